The van der Waals surface area contributed by atoms with Gasteiger partial charge in [-0.05, 0) is 6.08 Å². The summed E-state index contributed by atoms with van der Waals surface area (Å²) in [5.74, 6) is 0. The summed E-state index contributed by atoms with van der Waals surface area (Å²) in [6, 6.07) is 0. The first-order valence-electron chi connectivity index (χ1n) is 2.77. The van der Waals surface area contributed by atoms with Crippen molar-refractivity contribution < 1.29 is 9.47 Å². The predicted molar refractivity (Wildman–Crippen MR) is 36.0 cm³/mol. The van der Waals surface area contributed by atoms with Gasteiger partial charge in [0.1, 0.15) is 0 Å². The van der Waals surface area contributed by atoms with Crippen LogP contribution in [0.5, 0.6) is 0 Å². The van der Waals surface area contributed by atoms with Crippen molar-refractivity contribution >= 4 is 0 Å². The van der Waals surface area contributed by atoms with Crippen LogP contribution in [0, 0.1) is 0 Å². The molecule has 0 atom stereocenters. The van der Waals surface area contributed by atoms with Crippen LogP contribution in [-0.2, 0) is 9.47 Å². The van der Waals surface area contributed by atoms with Crippen LogP contribution < -0.4 is 5.73 Å². The van der Waals surface area contributed by atoms with Crippen LogP contribution in [0.1, 0.15) is 0 Å². The molecule has 0 spiro atoms. The molecule has 0 aromatic heterocycles. The number of ether oxygens (including phenoxy) is 2. The molecule has 0 aromatic rings. The lowest BCUT2D eigenvalue weighted by molar-refractivity contribution is -0.0667. The lowest BCUT2D eigenvalue weighted by Gasteiger charge is -2.06. The Morgan fingerprint density at radius 2 is 2.00 bits per heavy atom. The minimum Gasteiger partial charge on any atom is -0.352 e. The molecule has 0 aliphatic carbocycles. The summed E-state index contributed by atoms with van der Waals surface area (Å²) in [7, 11) is 3.16. The Morgan fingerprint density at radius 3 is 2.33 bits per heavy atom. The van der Waals surface area contributed by atoms with Crippen molar-refractivity contribution in [1.82, 2.24) is 0 Å². The van der Waals surface area contributed by atoms with E-state index in [4.69, 9.17) is 15.2 Å². The molecule has 3 heteroatoms. The molecule has 0 amide bonds. The maximum Gasteiger partial charge on any atom is 0.176 e. The third kappa shape index (κ3) is 4.14. The van der Waals surface area contributed by atoms with Gasteiger partial charge in [0.15, 0.2) is 6.29 Å². The SMILES string of the molecule is COC(/C=C/CN)OC. The predicted octanol–water partition coefficient (Wildman–Crippen LogP) is 0.120. The maximum absolute atomic E-state index is 5.19. The van der Waals surface area contributed by atoms with Gasteiger partial charge in [0.05, 0.1) is 0 Å². The average Bonchev–Trinajstić information content (AvgIpc) is 1.91. The second-order valence-electron chi connectivity index (χ2n) is 1.50. The average molecular weight is 131 g/mol. The highest BCUT2D eigenvalue weighted by Crippen LogP contribution is 1.90. The van der Waals surface area contributed by atoms with Gasteiger partial charge in [-0.25, -0.2) is 0 Å². The Kier molecular flexibility index (Phi) is 5.51. The van der Waals surface area contributed by atoms with E-state index in [0.29, 0.717) is 6.54 Å². The molecule has 0 saturated carbocycles. The van der Waals surface area contributed by atoms with E-state index in [1.54, 1.807) is 26.4 Å². The van der Waals surface area contributed by atoms with Crippen LogP contribution in [-0.4, -0.2) is 27.1 Å². The van der Waals surface area contributed by atoms with Gasteiger partial charge in [-0.2, -0.15) is 0 Å². The van der Waals surface area contributed by atoms with Gasteiger partial charge in [-0.3, -0.25) is 0 Å². The van der Waals surface area contributed by atoms with Crippen molar-refractivity contribution in [2.75, 3.05) is 20.8 Å². The standard InChI is InChI=1S/C6H13NO2/c1-8-6(9-2)4-3-5-7/h3-4,6H,5,7H2,1-2H3/b4-3+. The third-order valence-electron chi connectivity index (χ3n) is 0.894. The second-order valence-corrected chi connectivity index (χ2v) is 1.50. The van der Waals surface area contributed by atoms with Crippen LogP contribution in [0.3, 0.4) is 0 Å². The third-order valence-corrected chi connectivity index (χ3v) is 0.894. The molecule has 54 valence electrons. The molecule has 2 N–H and O–H groups in total. The number of nitrogens with two attached hydrogens (primary N) is 1. The Labute approximate surface area is 55.4 Å². The fourth-order valence-electron chi connectivity index (χ4n) is 0.443. The molecule has 0 fully saturated rings. The first-order valence-corrected chi connectivity index (χ1v) is 2.77. The van der Waals surface area contributed by atoms with E-state index >= 15 is 0 Å². The molecule has 0 radical (unpaired) electrons. The summed E-state index contributed by atoms with van der Waals surface area (Å²) in [5, 5.41) is 0. The van der Waals surface area contributed by atoms with Crippen LogP contribution in [0.4, 0.5) is 0 Å². The van der Waals surface area contributed by atoms with Crippen LogP contribution in [0.2, 0.25) is 0 Å². The fraction of sp³-hybridized carbons (Fsp3) is 0.667. The largest absolute Gasteiger partial charge is 0.352 e. The van der Waals surface area contributed by atoms with Crippen molar-refractivity contribution in [2.45, 2.75) is 6.29 Å². The lowest BCUT2D eigenvalue weighted by atomic mass is 10.5. The van der Waals surface area contributed by atoms with Gasteiger partial charge in [0, 0.05) is 20.8 Å². The van der Waals surface area contributed by atoms with Crippen LogP contribution in [0.15, 0.2) is 12.2 Å². The van der Waals surface area contributed by atoms with Crippen LogP contribution >= 0.6 is 0 Å². The molecule has 0 bridgehead atoms. The number of methoxy groups -OCH3 is 2. The Balaban J connectivity index is 3.41. The zero-order chi connectivity index (χ0) is 7.11. The molecule has 0 saturated heterocycles. The summed E-state index contributed by atoms with van der Waals surface area (Å²) < 4.78 is 9.67. The molecule has 9 heavy (non-hydrogen) atoms. The summed E-state index contributed by atoms with van der Waals surface area (Å²) in [5.41, 5.74) is 5.19. The highest BCUT2D eigenvalue weighted by atomic mass is 16.7. The fourth-order valence-corrected chi connectivity index (χ4v) is 0.443. The topological polar surface area (TPSA) is 44.5 Å². The van der Waals surface area contributed by atoms with E-state index in [0.717, 1.165) is 0 Å². The molecule has 0 unspecified atom stereocenters. The minimum absolute atomic E-state index is 0.256. The van der Waals surface area contributed by atoms with Crippen molar-refractivity contribution in [3.63, 3.8) is 0 Å². The summed E-state index contributed by atoms with van der Waals surface area (Å²) in [6.45, 7) is 0.517. The van der Waals surface area contributed by atoms with Crippen molar-refractivity contribution in [3.05, 3.63) is 12.2 Å². The minimum atomic E-state index is -0.256. The Bertz CT molecular complexity index is 79.1. The summed E-state index contributed by atoms with van der Waals surface area (Å²) >= 11 is 0. The van der Waals surface area contributed by atoms with E-state index < -0.39 is 0 Å². The Hall–Kier alpha value is -0.380. The Morgan fingerprint density at radius 1 is 1.44 bits per heavy atom. The molecule has 0 heterocycles. The zero-order valence-corrected chi connectivity index (χ0v) is 5.83. The van der Waals surface area contributed by atoms with Crippen LogP contribution in [0.25, 0.3) is 0 Å². The zero-order valence-electron chi connectivity index (χ0n) is 5.83. The van der Waals surface area contributed by atoms with E-state index in [1.165, 1.54) is 0 Å². The van der Waals surface area contributed by atoms with Gasteiger partial charge in [-0.15, -0.1) is 0 Å². The normalized spacial score (nSPS) is 11.6. The van der Waals surface area contributed by atoms with Gasteiger partial charge >= 0.3 is 0 Å². The molecule has 0 aromatic carbocycles. The van der Waals surface area contributed by atoms with Gasteiger partial charge in [0.25, 0.3) is 0 Å². The molecule has 0 rings (SSSR count). The molecular formula is C6H13NO2. The first-order chi connectivity index (χ1) is 4.35. The number of hydrogen-bond acceptors (Lipinski definition) is 3. The van der Waals surface area contributed by atoms with Gasteiger partial charge in [-0.1, -0.05) is 6.08 Å². The maximum atomic E-state index is 5.19. The van der Waals surface area contributed by atoms with Gasteiger partial charge in [0.2, 0.25) is 0 Å². The lowest BCUT2D eigenvalue weighted by Crippen LogP contribution is -2.09. The van der Waals surface area contributed by atoms with E-state index in [-0.39, 0.29) is 6.29 Å². The van der Waals surface area contributed by atoms with Crippen molar-refractivity contribution in [3.8, 4) is 0 Å². The quantitative estimate of drug-likeness (QED) is 0.435. The van der Waals surface area contributed by atoms with Crippen molar-refractivity contribution in [2.24, 2.45) is 5.73 Å². The number of rotatable bonds is 4. The highest BCUT2D eigenvalue weighted by Gasteiger charge is 1.94. The van der Waals surface area contributed by atoms with E-state index in [9.17, 15) is 0 Å². The second kappa shape index (κ2) is 5.75. The molecule has 3 nitrogen and oxygen atoms in total. The van der Waals surface area contributed by atoms with Crippen molar-refractivity contribution in [1.29, 1.82) is 0 Å². The van der Waals surface area contributed by atoms with E-state index in [1.807, 2.05) is 0 Å². The summed E-state index contributed by atoms with van der Waals surface area (Å²) in [4.78, 5) is 0. The molecular weight excluding hydrogens is 118 g/mol. The number of hydrogen-bond donors (Lipinski definition) is 1. The first kappa shape index (κ1) is 8.62. The summed E-state index contributed by atoms with van der Waals surface area (Å²) in [6.07, 6.45) is 3.30. The monoisotopic (exact) mass is 131 g/mol. The molecule has 0 aliphatic rings. The van der Waals surface area contributed by atoms with Gasteiger partial charge < -0.3 is 15.2 Å². The smallest absolute Gasteiger partial charge is 0.176 e. The highest BCUT2D eigenvalue weighted by molar-refractivity contribution is 4.85. The van der Waals surface area contributed by atoms with E-state index in [2.05, 4.69) is 0 Å². The molecule has 0 aliphatic heterocycles.